The van der Waals surface area contributed by atoms with Crippen LogP contribution in [0.1, 0.15) is 27.7 Å². The molecule has 1 nitrogen and oxygen atoms in total. The van der Waals surface area contributed by atoms with Crippen molar-refractivity contribution in [3.63, 3.8) is 0 Å². The molecule has 0 aromatic heterocycles. The van der Waals surface area contributed by atoms with E-state index < -0.39 is 8.32 Å². The number of hydrogen-bond donors (Lipinski definition) is 0. The van der Waals surface area contributed by atoms with Gasteiger partial charge < -0.3 is 4.43 Å². The molecule has 0 radical (unpaired) electrons. The van der Waals surface area contributed by atoms with Crippen molar-refractivity contribution in [2.75, 3.05) is 6.61 Å². The first-order valence-corrected chi connectivity index (χ1v) is 8.33. The molecule has 0 aliphatic carbocycles. The summed E-state index contributed by atoms with van der Waals surface area (Å²) in [6.07, 6.45) is 2.07. The van der Waals surface area contributed by atoms with E-state index in [1.54, 1.807) is 0 Å². The molecule has 0 saturated heterocycles. The summed E-state index contributed by atoms with van der Waals surface area (Å²) in [4.78, 5) is 0. The maximum Gasteiger partial charge on any atom is 0.192 e. The van der Waals surface area contributed by atoms with Gasteiger partial charge in [0.2, 0.25) is 0 Å². The molecule has 0 unspecified atom stereocenters. The lowest BCUT2D eigenvalue weighted by Gasteiger charge is -2.35. The molecule has 0 aliphatic heterocycles. The summed E-state index contributed by atoms with van der Waals surface area (Å²) >= 11 is 3.39. The van der Waals surface area contributed by atoms with Gasteiger partial charge in [0, 0.05) is 0 Å². The minimum Gasteiger partial charge on any atom is -0.413 e. The summed E-state index contributed by atoms with van der Waals surface area (Å²) in [7, 11) is -1.54. The van der Waals surface area contributed by atoms with Crippen LogP contribution in [0.3, 0.4) is 0 Å². The zero-order chi connectivity index (χ0) is 10.7. The Labute approximate surface area is 91.8 Å². The first-order valence-electron chi connectivity index (χ1n) is 4.63. The molecule has 0 heterocycles. The number of halogens is 1. The lowest BCUT2D eigenvalue weighted by molar-refractivity contribution is 0.328. The highest BCUT2D eigenvalue weighted by Gasteiger charge is 2.36. The van der Waals surface area contributed by atoms with Crippen molar-refractivity contribution in [1.82, 2.24) is 0 Å². The fraction of sp³-hybridized carbons (Fsp3) is 0.800. The minimum absolute atomic E-state index is 0.307. The van der Waals surface area contributed by atoms with Gasteiger partial charge in [0.25, 0.3) is 0 Å². The number of rotatable bonds is 3. The predicted octanol–water partition coefficient (Wildman–Crippen LogP) is 4.31. The molecule has 0 aliphatic rings. The Bertz CT molecular complexity index is 188. The normalized spacial score (nSPS) is 14.8. The molecule has 0 fully saturated rings. The summed E-state index contributed by atoms with van der Waals surface area (Å²) in [6.45, 7) is 14.1. The van der Waals surface area contributed by atoms with Crippen molar-refractivity contribution in [3.8, 4) is 0 Å². The van der Waals surface area contributed by atoms with Gasteiger partial charge in [-0.3, -0.25) is 0 Å². The monoisotopic (exact) mass is 264 g/mol. The summed E-state index contributed by atoms with van der Waals surface area (Å²) in [5, 5.41) is 0.307. The van der Waals surface area contributed by atoms with E-state index in [4.69, 9.17) is 4.43 Å². The molecular weight excluding hydrogens is 244 g/mol. The molecule has 0 spiro atoms. The average Bonchev–Trinajstić information content (AvgIpc) is 1.82. The summed E-state index contributed by atoms with van der Waals surface area (Å²) < 4.78 is 7.08. The fourth-order valence-electron chi connectivity index (χ4n) is 0.581. The quantitative estimate of drug-likeness (QED) is 0.691. The van der Waals surface area contributed by atoms with Gasteiger partial charge in [0.05, 0.1) is 6.61 Å². The van der Waals surface area contributed by atoms with Crippen LogP contribution in [-0.4, -0.2) is 14.9 Å². The van der Waals surface area contributed by atoms with Crippen LogP contribution in [0.25, 0.3) is 0 Å². The van der Waals surface area contributed by atoms with Crippen molar-refractivity contribution in [2.24, 2.45) is 0 Å². The highest BCUT2D eigenvalue weighted by molar-refractivity contribution is 9.11. The Hall–Kier alpha value is 0.397. The first kappa shape index (κ1) is 13.4. The second-order valence-electron chi connectivity index (χ2n) is 4.86. The molecule has 78 valence electrons. The third-order valence-electron chi connectivity index (χ3n) is 2.61. The van der Waals surface area contributed by atoms with E-state index >= 15 is 0 Å². The molecule has 0 atom stereocenters. The van der Waals surface area contributed by atoms with E-state index in [1.807, 2.05) is 6.92 Å². The summed E-state index contributed by atoms with van der Waals surface area (Å²) in [6, 6.07) is 0. The van der Waals surface area contributed by atoms with E-state index in [0.717, 1.165) is 11.1 Å². The van der Waals surface area contributed by atoms with Crippen LogP contribution in [0.2, 0.25) is 18.1 Å². The topological polar surface area (TPSA) is 9.23 Å². The lowest BCUT2D eigenvalue weighted by atomic mass is 10.2. The highest BCUT2D eigenvalue weighted by Crippen LogP contribution is 2.36. The van der Waals surface area contributed by atoms with Crippen molar-refractivity contribution in [2.45, 2.75) is 45.8 Å². The van der Waals surface area contributed by atoms with Crippen molar-refractivity contribution in [3.05, 3.63) is 10.6 Å². The van der Waals surface area contributed by atoms with Gasteiger partial charge >= 0.3 is 0 Å². The van der Waals surface area contributed by atoms with Crippen LogP contribution in [0.4, 0.5) is 0 Å². The van der Waals surface area contributed by atoms with Crippen LogP contribution < -0.4 is 0 Å². The van der Waals surface area contributed by atoms with E-state index in [0.29, 0.717) is 5.04 Å². The Morgan fingerprint density at radius 1 is 1.38 bits per heavy atom. The van der Waals surface area contributed by atoms with E-state index in [1.165, 1.54) is 0 Å². The van der Waals surface area contributed by atoms with Gasteiger partial charge in [-0.15, -0.1) is 0 Å². The Kier molecular flexibility index (Phi) is 4.90. The predicted molar refractivity (Wildman–Crippen MR) is 65.8 cm³/mol. The maximum atomic E-state index is 5.94. The molecule has 0 rings (SSSR count). The van der Waals surface area contributed by atoms with E-state index in [2.05, 4.69) is 55.9 Å². The Balaban J connectivity index is 4.12. The molecule has 3 heteroatoms. The third-order valence-corrected chi connectivity index (χ3v) is 7.44. The third kappa shape index (κ3) is 4.98. The summed E-state index contributed by atoms with van der Waals surface area (Å²) in [5.74, 6) is 0. The number of hydrogen-bond acceptors (Lipinski definition) is 1. The van der Waals surface area contributed by atoms with Crippen LogP contribution >= 0.6 is 15.9 Å². The zero-order valence-corrected chi connectivity index (χ0v) is 12.2. The van der Waals surface area contributed by atoms with Gasteiger partial charge in [-0.05, 0) is 29.5 Å². The van der Waals surface area contributed by atoms with Crippen LogP contribution in [0, 0.1) is 0 Å². The molecule has 0 bridgehead atoms. The average molecular weight is 265 g/mol. The van der Waals surface area contributed by atoms with Crippen molar-refractivity contribution < 1.29 is 4.43 Å². The molecule has 0 saturated carbocycles. The molecule has 0 aromatic rings. The second kappa shape index (κ2) is 4.76. The lowest BCUT2D eigenvalue weighted by Crippen LogP contribution is -2.40. The molecular formula is C10H21BrOSi. The van der Waals surface area contributed by atoms with Gasteiger partial charge in [-0.1, -0.05) is 42.8 Å². The van der Waals surface area contributed by atoms with E-state index in [-0.39, 0.29) is 0 Å². The Morgan fingerprint density at radius 2 is 1.85 bits per heavy atom. The van der Waals surface area contributed by atoms with Crippen LogP contribution in [-0.2, 0) is 4.43 Å². The number of allylic oxidation sites excluding steroid dienone is 1. The van der Waals surface area contributed by atoms with Gasteiger partial charge in [-0.25, -0.2) is 0 Å². The fourth-order valence-corrected chi connectivity index (χ4v) is 1.65. The van der Waals surface area contributed by atoms with Crippen LogP contribution in [0.5, 0.6) is 0 Å². The Morgan fingerprint density at radius 3 is 2.15 bits per heavy atom. The zero-order valence-electron chi connectivity index (χ0n) is 9.57. The highest BCUT2D eigenvalue weighted by atomic mass is 79.9. The first-order chi connectivity index (χ1) is 5.67. The summed E-state index contributed by atoms with van der Waals surface area (Å²) in [5.41, 5.74) is 0. The molecule has 13 heavy (non-hydrogen) atoms. The molecule has 0 amide bonds. The van der Waals surface area contributed by atoms with E-state index in [9.17, 15) is 0 Å². The largest absolute Gasteiger partial charge is 0.413 e. The van der Waals surface area contributed by atoms with Crippen molar-refractivity contribution in [1.29, 1.82) is 0 Å². The smallest absolute Gasteiger partial charge is 0.192 e. The minimum atomic E-state index is -1.54. The van der Waals surface area contributed by atoms with Crippen LogP contribution in [0.15, 0.2) is 10.6 Å². The molecule has 0 N–H and O–H groups in total. The standard InChI is InChI=1S/C10H21BrOSi/c1-9(11)7-8-12-13(5,6)10(2,3)4/h7H,8H2,1-6H3/b9-7-. The maximum absolute atomic E-state index is 5.94. The SMILES string of the molecule is C/C(Br)=C/CO[Si](C)(C)C(C)(C)C. The van der Waals surface area contributed by atoms with Gasteiger partial charge in [-0.2, -0.15) is 0 Å². The van der Waals surface area contributed by atoms with Gasteiger partial charge in [0.15, 0.2) is 8.32 Å². The van der Waals surface area contributed by atoms with Gasteiger partial charge in [0.1, 0.15) is 0 Å². The van der Waals surface area contributed by atoms with Crippen molar-refractivity contribution >= 4 is 24.2 Å². The second-order valence-corrected chi connectivity index (χ2v) is 10.9. The molecule has 0 aromatic carbocycles.